The molecule has 2 aromatic rings. The van der Waals surface area contributed by atoms with Crippen LogP contribution in [0.25, 0.3) is 0 Å². The summed E-state index contributed by atoms with van der Waals surface area (Å²) in [5.41, 5.74) is 3.23. The van der Waals surface area contributed by atoms with Crippen molar-refractivity contribution in [2.45, 2.75) is 19.4 Å². The molecule has 1 unspecified atom stereocenters. The van der Waals surface area contributed by atoms with Crippen LogP contribution in [-0.2, 0) is 10.3 Å². The molecule has 2 aromatic carbocycles. The van der Waals surface area contributed by atoms with E-state index < -0.39 is 5.60 Å². The van der Waals surface area contributed by atoms with E-state index in [-0.39, 0.29) is 12.4 Å². The second kappa shape index (κ2) is 8.33. The first-order valence-corrected chi connectivity index (χ1v) is 7.44. The first kappa shape index (κ1) is 18.7. The summed E-state index contributed by atoms with van der Waals surface area (Å²) >= 11 is 0. The lowest BCUT2D eigenvalue weighted by atomic mass is 9.87. The highest BCUT2D eigenvalue weighted by atomic mass is 35.5. The summed E-state index contributed by atoms with van der Waals surface area (Å²) in [6.45, 7) is 5.87. The Hall–Kier alpha value is -1.35. The monoisotopic (exact) mass is 319 g/mol. The molecular weight excluding hydrogens is 294 g/mol. The van der Waals surface area contributed by atoms with Gasteiger partial charge in [0.25, 0.3) is 0 Å². The Labute approximate surface area is 140 Å². The smallest absolute Gasteiger partial charge is 0.115 e. The van der Waals surface area contributed by atoms with Crippen LogP contribution in [0.5, 0.6) is 0 Å². The normalized spacial score (nSPS) is 13.5. The van der Waals surface area contributed by atoms with Crippen LogP contribution in [0.2, 0.25) is 0 Å². The van der Waals surface area contributed by atoms with Crippen molar-refractivity contribution in [3.8, 4) is 0 Å². The third-order valence-electron chi connectivity index (χ3n) is 3.86. The Morgan fingerprint density at radius 1 is 0.909 bits per heavy atom. The third kappa shape index (κ3) is 4.57. The van der Waals surface area contributed by atoms with Crippen molar-refractivity contribution in [2.24, 2.45) is 0 Å². The van der Waals surface area contributed by atoms with Crippen molar-refractivity contribution in [3.05, 3.63) is 71.3 Å². The lowest BCUT2D eigenvalue weighted by molar-refractivity contribution is -0.0101. The number of rotatable bonds is 6. The summed E-state index contributed by atoms with van der Waals surface area (Å²) in [6, 6.07) is 19.1. The maximum atomic E-state index is 6.31. The van der Waals surface area contributed by atoms with E-state index in [1.807, 2.05) is 6.07 Å². The van der Waals surface area contributed by atoms with E-state index in [4.69, 9.17) is 4.74 Å². The molecule has 0 aromatic heterocycles. The van der Waals surface area contributed by atoms with E-state index >= 15 is 0 Å². The standard InChI is InChI=1S/C19H25NO.ClH/c1-16-10-12-18(13-11-16)19(2,21-15-14-20(3)4)17-8-6-5-7-9-17;/h5-13H,14-15H2,1-4H3;1H. The van der Waals surface area contributed by atoms with Gasteiger partial charge in [0.1, 0.15) is 5.60 Å². The number of halogens is 1. The van der Waals surface area contributed by atoms with Crippen molar-refractivity contribution in [1.29, 1.82) is 0 Å². The first-order valence-electron chi connectivity index (χ1n) is 7.44. The highest BCUT2D eigenvalue weighted by Gasteiger charge is 2.29. The average Bonchev–Trinajstić information content (AvgIpc) is 2.48. The van der Waals surface area contributed by atoms with Crippen molar-refractivity contribution in [3.63, 3.8) is 0 Å². The summed E-state index contributed by atoms with van der Waals surface area (Å²) in [4.78, 5) is 2.14. The van der Waals surface area contributed by atoms with Gasteiger partial charge in [0, 0.05) is 6.54 Å². The number of benzene rings is 2. The van der Waals surface area contributed by atoms with Gasteiger partial charge in [0.05, 0.1) is 6.61 Å². The van der Waals surface area contributed by atoms with E-state index in [1.165, 1.54) is 16.7 Å². The molecule has 22 heavy (non-hydrogen) atoms. The van der Waals surface area contributed by atoms with Gasteiger partial charge in [-0.3, -0.25) is 0 Å². The van der Waals surface area contributed by atoms with Crippen molar-refractivity contribution < 1.29 is 4.74 Å². The third-order valence-corrected chi connectivity index (χ3v) is 3.86. The molecule has 0 amide bonds. The molecule has 0 fully saturated rings. The molecule has 0 saturated heterocycles. The molecule has 0 aliphatic heterocycles. The van der Waals surface area contributed by atoms with Gasteiger partial charge in [0.2, 0.25) is 0 Å². The van der Waals surface area contributed by atoms with Gasteiger partial charge in [-0.05, 0) is 39.1 Å². The molecule has 0 spiro atoms. The molecule has 120 valence electrons. The molecule has 0 N–H and O–H groups in total. The summed E-state index contributed by atoms with van der Waals surface area (Å²) in [5, 5.41) is 0. The Morgan fingerprint density at radius 2 is 1.45 bits per heavy atom. The Kier molecular flexibility index (Phi) is 7.08. The average molecular weight is 320 g/mol. The second-order valence-electron chi connectivity index (χ2n) is 5.92. The fraction of sp³-hybridized carbons (Fsp3) is 0.368. The van der Waals surface area contributed by atoms with Gasteiger partial charge in [-0.1, -0.05) is 60.2 Å². The van der Waals surface area contributed by atoms with Crippen LogP contribution < -0.4 is 0 Å². The highest BCUT2D eigenvalue weighted by molar-refractivity contribution is 5.85. The molecule has 1 atom stereocenters. The van der Waals surface area contributed by atoms with Gasteiger partial charge in [-0.25, -0.2) is 0 Å². The van der Waals surface area contributed by atoms with E-state index in [2.05, 4.69) is 81.4 Å². The number of aryl methyl sites for hydroxylation is 1. The fourth-order valence-corrected chi connectivity index (χ4v) is 2.39. The Balaban J connectivity index is 0.00000242. The topological polar surface area (TPSA) is 12.5 Å². The second-order valence-corrected chi connectivity index (χ2v) is 5.92. The van der Waals surface area contributed by atoms with Crippen LogP contribution >= 0.6 is 12.4 Å². The number of hydrogen-bond donors (Lipinski definition) is 0. The van der Waals surface area contributed by atoms with Gasteiger partial charge in [0.15, 0.2) is 0 Å². The van der Waals surface area contributed by atoms with Crippen LogP contribution in [0, 0.1) is 6.92 Å². The van der Waals surface area contributed by atoms with E-state index in [0.717, 1.165) is 6.54 Å². The largest absolute Gasteiger partial charge is 0.365 e. The first-order chi connectivity index (χ1) is 10.0. The number of nitrogens with zero attached hydrogens (tertiary/aromatic N) is 1. The van der Waals surface area contributed by atoms with Crippen LogP contribution in [0.15, 0.2) is 54.6 Å². The molecule has 0 aliphatic rings. The van der Waals surface area contributed by atoms with Gasteiger partial charge < -0.3 is 9.64 Å². The molecule has 2 nitrogen and oxygen atoms in total. The number of likely N-dealkylation sites (N-methyl/N-ethyl adjacent to an activating group) is 1. The zero-order valence-electron chi connectivity index (χ0n) is 13.9. The predicted octanol–water partition coefficient (Wildman–Crippen LogP) is 4.26. The minimum Gasteiger partial charge on any atom is -0.365 e. The Bertz CT molecular complexity index is 553. The molecule has 0 saturated carbocycles. The molecule has 3 heteroatoms. The summed E-state index contributed by atoms with van der Waals surface area (Å²) < 4.78 is 6.31. The van der Waals surface area contributed by atoms with Crippen molar-refractivity contribution >= 4 is 12.4 Å². The van der Waals surface area contributed by atoms with E-state index in [0.29, 0.717) is 6.61 Å². The maximum absolute atomic E-state index is 6.31. The summed E-state index contributed by atoms with van der Waals surface area (Å²) in [7, 11) is 4.13. The predicted molar refractivity (Wildman–Crippen MR) is 95.8 cm³/mol. The number of ether oxygens (including phenoxy) is 1. The molecular formula is C19H26ClNO. The summed E-state index contributed by atoms with van der Waals surface area (Å²) in [5.74, 6) is 0. The van der Waals surface area contributed by atoms with Crippen molar-refractivity contribution in [1.82, 2.24) is 4.90 Å². The van der Waals surface area contributed by atoms with Crippen LogP contribution in [0.3, 0.4) is 0 Å². The molecule has 0 aliphatic carbocycles. The maximum Gasteiger partial charge on any atom is 0.115 e. The minimum absolute atomic E-state index is 0. The summed E-state index contributed by atoms with van der Waals surface area (Å²) in [6.07, 6.45) is 0. The van der Waals surface area contributed by atoms with E-state index in [9.17, 15) is 0 Å². The van der Waals surface area contributed by atoms with E-state index in [1.54, 1.807) is 0 Å². The van der Waals surface area contributed by atoms with Gasteiger partial charge in [-0.2, -0.15) is 0 Å². The molecule has 0 radical (unpaired) electrons. The van der Waals surface area contributed by atoms with Crippen LogP contribution in [0.4, 0.5) is 0 Å². The minimum atomic E-state index is -0.412. The lowest BCUT2D eigenvalue weighted by Gasteiger charge is -2.32. The SMILES string of the molecule is Cc1ccc(C(C)(OCCN(C)C)c2ccccc2)cc1.Cl. The quantitative estimate of drug-likeness (QED) is 0.789. The lowest BCUT2D eigenvalue weighted by Crippen LogP contribution is -2.31. The number of hydrogen-bond acceptors (Lipinski definition) is 2. The Morgan fingerprint density at radius 3 is 2.00 bits per heavy atom. The highest BCUT2D eigenvalue weighted by Crippen LogP contribution is 2.33. The fourth-order valence-electron chi connectivity index (χ4n) is 2.39. The molecule has 0 heterocycles. The van der Waals surface area contributed by atoms with Crippen LogP contribution in [0.1, 0.15) is 23.6 Å². The van der Waals surface area contributed by atoms with Crippen molar-refractivity contribution in [2.75, 3.05) is 27.2 Å². The molecule has 2 rings (SSSR count). The molecule has 0 bridgehead atoms. The van der Waals surface area contributed by atoms with Gasteiger partial charge >= 0.3 is 0 Å². The zero-order chi connectivity index (χ0) is 15.3. The van der Waals surface area contributed by atoms with Gasteiger partial charge in [-0.15, -0.1) is 12.4 Å². The van der Waals surface area contributed by atoms with Crippen LogP contribution in [-0.4, -0.2) is 32.1 Å². The zero-order valence-corrected chi connectivity index (χ0v) is 14.7.